The first-order valence-corrected chi connectivity index (χ1v) is 7.68. The van der Waals surface area contributed by atoms with Gasteiger partial charge in [-0.2, -0.15) is 0 Å². The average Bonchev–Trinajstić information content (AvgIpc) is 3.07. The fourth-order valence-electron chi connectivity index (χ4n) is 2.40. The van der Waals surface area contributed by atoms with Gasteiger partial charge < -0.3 is 5.32 Å². The molecule has 0 saturated heterocycles. The van der Waals surface area contributed by atoms with E-state index in [0.717, 1.165) is 11.3 Å². The molecule has 0 saturated carbocycles. The lowest BCUT2D eigenvalue weighted by Gasteiger charge is -2.08. The second-order valence-electron chi connectivity index (χ2n) is 5.36. The zero-order valence-corrected chi connectivity index (χ0v) is 13.0. The van der Waals surface area contributed by atoms with Crippen molar-refractivity contribution in [2.75, 3.05) is 0 Å². The van der Waals surface area contributed by atoms with Crippen LogP contribution in [-0.4, -0.2) is 20.7 Å². The summed E-state index contributed by atoms with van der Waals surface area (Å²) in [5.41, 5.74) is 1.74. The van der Waals surface area contributed by atoms with Crippen LogP contribution in [-0.2, 0) is 17.8 Å². The van der Waals surface area contributed by atoms with Crippen molar-refractivity contribution >= 4 is 5.91 Å². The molecular weight excluding hydrogens is 307 g/mol. The van der Waals surface area contributed by atoms with E-state index in [9.17, 15) is 9.18 Å². The lowest BCUT2D eigenvalue weighted by molar-refractivity contribution is -0.121. The zero-order chi connectivity index (χ0) is 16.8. The number of aryl methyl sites for hydroxylation is 1. The molecule has 5 nitrogen and oxygen atoms in total. The summed E-state index contributed by atoms with van der Waals surface area (Å²) in [5.74, 6) is 0.256. The van der Waals surface area contributed by atoms with Crippen molar-refractivity contribution in [1.29, 1.82) is 0 Å². The monoisotopic (exact) mass is 324 g/mol. The first-order valence-electron chi connectivity index (χ1n) is 7.68. The molecule has 122 valence electrons. The quantitative estimate of drug-likeness (QED) is 0.758. The summed E-state index contributed by atoms with van der Waals surface area (Å²) in [4.78, 5) is 12.0. The Balaban J connectivity index is 1.55. The maximum absolute atomic E-state index is 13.1. The van der Waals surface area contributed by atoms with Crippen molar-refractivity contribution in [2.24, 2.45) is 0 Å². The van der Waals surface area contributed by atoms with Crippen molar-refractivity contribution < 1.29 is 9.18 Å². The van der Waals surface area contributed by atoms with E-state index in [1.54, 1.807) is 12.4 Å². The van der Waals surface area contributed by atoms with Gasteiger partial charge in [0.05, 0.1) is 6.54 Å². The summed E-state index contributed by atoms with van der Waals surface area (Å²) in [7, 11) is 0. The number of benzene rings is 2. The average molecular weight is 324 g/mol. The van der Waals surface area contributed by atoms with Crippen LogP contribution in [0, 0.1) is 5.82 Å². The number of rotatable bonds is 6. The van der Waals surface area contributed by atoms with Crippen LogP contribution in [0.1, 0.15) is 17.8 Å². The van der Waals surface area contributed by atoms with Gasteiger partial charge >= 0.3 is 0 Å². The Morgan fingerprint density at radius 2 is 1.96 bits per heavy atom. The van der Waals surface area contributed by atoms with Gasteiger partial charge in [0.15, 0.2) is 5.82 Å². The van der Waals surface area contributed by atoms with E-state index < -0.39 is 0 Å². The summed E-state index contributed by atoms with van der Waals surface area (Å²) in [6.07, 6.45) is 2.40. The maximum Gasteiger partial charge on any atom is 0.220 e. The Morgan fingerprint density at radius 3 is 2.75 bits per heavy atom. The number of aromatic nitrogens is 3. The van der Waals surface area contributed by atoms with Crippen molar-refractivity contribution in [1.82, 2.24) is 20.1 Å². The summed E-state index contributed by atoms with van der Waals surface area (Å²) >= 11 is 0. The molecular formula is C18H17FN4O. The number of halogens is 1. The minimum atomic E-state index is -0.288. The fourth-order valence-corrected chi connectivity index (χ4v) is 2.40. The van der Waals surface area contributed by atoms with Gasteiger partial charge in [0.25, 0.3) is 0 Å². The van der Waals surface area contributed by atoms with Crippen LogP contribution in [0.4, 0.5) is 4.39 Å². The van der Waals surface area contributed by atoms with E-state index in [4.69, 9.17) is 0 Å². The molecule has 1 aromatic heterocycles. The third kappa shape index (κ3) is 4.04. The molecule has 2 aromatic carbocycles. The summed E-state index contributed by atoms with van der Waals surface area (Å²) in [6.45, 7) is 0.289. The zero-order valence-electron chi connectivity index (χ0n) is 13.0. The standard InChI is InChI=1S/C18H17FN4O/c19-15-6-4-5-14(11-15)9-10-18(24)20-12-17-22-21-13-23(17)16-7-2-1-3-8-16/h1-8,11,13H,9-10,12H2,(H,20,24). The van der Waals surface area contributed by atoms with Gasteiger partial charge in [-0.1, -0.05) is 30.3 Å². The highest BCUT2D eigenvalue weighted by molar-refractivity contribution is 5.76. The van der Waals surface area contributed by atoms with Crippen LogP contribution in [0.5, 0.6) is 0 Å². The molecule has 0 radical (unpaired) electrons. The van der Waals surface area contributed by atoms with E-state index in [0.29, 0.717) is 18.7 Å². The number of carbonyl (C=O) groups excluding carboxylic acids is 1. The molecule has 1 heterocycles. The maximum atomic E-state index is 13.1. The molecule has 0 aliphatic rings. The lowest BCUT2D eigenvalue weighted by atomic mass is 10.1. The lowest BCUT2D eigenvalue weighted by Crippen LogP contribution is -2.24. The van der Waals surface area contributed by atoms with E-state index in [2.05, 4.69) is 15.5 Å². The van der Waals surface area contributed by atoms with Gasteiger partial charge in [0.1, 0.15) is 12.1 Å². The molecule has 1 amide bonds. The Morgan fingerprint density at radius 1 is 1.12 bits per heavy atom. The van der Waals surface area contributed by atoms with Gasteiger partial charge in [0.2, 0.25) is 5.91 Å². The van der Waals surface area contributed by atoms with Gasteiger partial charge in [0, 0.05) is 12.1 Å². The van der Waals surface area contributed by atoms with Gasteiger partial charge in [-0.15, -0.1) is 10.2 Å². The van der Waals surface area contributed by atoms with Crippen molar-refractivity contribution in [3.63, 3.8) is 0 Å². The minimum absolute atomic E-state index is 0.109. The summed E-state index contributed by atoms with van der Waals surface area (Å²) < 4.78 is 14.9. The van der Waals surface area contributed by atoms with Crippen LogP contribution in [0.3, 0.4) is 0 Å². The van der Waals surface area contributed by atoms with Crippen LogP contribution < -0.4 is 5.32 Å². The molecule has 0 bridgehead atoms. The minimum Gasteiger partial charge on any atom is -0.349 e. The largest absolute Gasteiger partial charge is 0.349 e. The fraction of sp³-hybridized carbons (Fsp3) is 0.167. The van der Waals surface area contributed by atoms with Crippen molar-refractivity contribution in [3.05, 3.63) is 78.1 Å². The Bertz CT molecular complexity index is 817. The third-order valence-electron chi connectivity index (χ3n) is 3.63. The number of amides is 1. The number of carbonyl (C=O) groups is 1. The van der Waals surface area contributed by atoms with E-state index in [1.807, 2.05) is 41.0 Å². The molecule has 0 fully saturated rings. The predicted molar refractivity (Wildman–Crippen MR) is 87.9 cm³/mol. The van der Waals surface area contributed by atoms with Gasteiger partial charge in [-0.05, 0) is 36.2 Å². The Hall–Kier alpha value is -3.02. The summed E-state index contributed by atoms with van der Waals surface area (Å²) in [5, 5.41) is 10.8. The smallest absolute Gasteiger partial charge is 0.220 e. The third-order valence-corrected chi connectivity index (χ3v) is 3.63. The first kappa shape index (κ1) is 15.9. The van der Waals surface area contributed by atoms with E-state index in [-0.39, 0.29) is 18.3 Å². The topological polar surface area (TPSA) is 59.8 Å². The normalized spacial score (nSPS) is 10.5. The van der Waals surface area contributed by atoms with Crippen molar-refractivity contribution in [3.8, 4) is 5.69 Å². The highest BCUT2D eigenvalue weighted by Crippen LogP contribution is 2.09. The molecule has 1 N–H and O–H groups in total. The van der Waals surface area contributed by atoms with Crippen LogP contribution in [0.15, 0.2) is 60.9 Å². The van der Waals surface area contributed by atoms with Crippen LogP contribution in [0.25, 0.3) is 5.69 Å². The first-order chi connectivity index (χ1) is 11.7. The predicted octanol–water partition coefficient (Wildman–Crippen LogP) is 2.66. The number of para-hydroxylation sites is 1. The van der Waals surface area contributed by atoms with Crippen molar-refractivity contribution in [2.45, 2.75) is 19.4 Å². The molecule has 3 rings (SSSR count). The molecule has 24 heavy (non-hydrogen) atoms. The second kappa shape index (κ2) is 7.50. The molecule has 6 heteroatoms. The Kier molecular flexibility index (Phi) is 4.96. The van der Waals surface area contributed by atoms with Gasteiger partial charge in [-0.25, -0.2) is 4.39 Å². The number of hydrogen-bond donors (Lipinski definition) is 1. The highest BCUT2D eigenvalue weighted by atomic mass is 19.1. The molecule has 0 unspecified atom stereocenters. The molecule has 0 aliphatic heterocycles. The highest BCUT2D eigenvalue weighted by Gasteiger charge is 2.08. The summed E-state index contributed by atoms with van der Waals surface area (Å²) in [6, 6.07) is 16.0. The number of nitrogens with one attached hydrogen (secondary N) is 1. The van der Waals surface area contributed by atoms with E-state index >= 15 is 0 Å². The SMILES string of the molecule is O=C(CCc1cccc(F)c1)NCc1nncn1-c1ccccc1. The van der Waals surface area contributed by atoms with E-state index in [1.165, 1.54) is 12.1 Å². The molecule has 0 spiro atoms. The number of nitrogens with zero attached hydrogens (tertiary/aromatic N) is 3. The van der Waals surface area contributed by atoms with Gasteiger partial charge in [-0.3, -0.25) is 9.36 Å². The van der Waals surface area contributed by atoms with Crippen LogP contribution in [0.2, 0.25) is 0 Å². The Labute approximate surface area is 139 Å². The number of hydrogen-bond acceptors (Lipinski definition) is 3. The molecule has 0 atom stereocenters. The van der Waals surface area contributed by atoms with Crippen LogP contribution >= 0.6 is 0 Å². The second-order valence-corrected chi connectivity index (χ2v) is 5.36. The molecule has 3 aromatic rings. The molecule has 0 aliphatic carbocycles.